The second kappa shape index (κ2) is 2.40. The van der Waals surface area contributed by atoms with Gasteiger partial charge in [0.05, 0.1) is 0 Å². The van der Waals surface area contributed by atoms with Crippen LogP contribution in [0.2, 0.25) is 0 Å². The molecule has 5 atom stereocenters. The first-order chi connectivity index (χ1) is 5.61. The van der Waals surface area contributed by atoms with E-state index in [9.17, 15) is 9.90 Å². The molecule has 12 heavy (non-hydrogen) atoms. The van der Waals surface area contributed by atoms with Gasteiger partial charge in [-0.15, -0.1) is 0 Å². The molecule has 0 amide bonds. The molecule has 2 fully saturated rings. The average Bonchev–Trinajstić information content (AvgIpc) is 2.23. The van der Waals surface area contributed by atoms with E-state index in [1.165, 1.54) is 0 Å². The topological polar surface area (TPSA) is 96.2 Å². The summed E-state index contributed by atoms with van der Waals surface area (Å²) in [7, 11) is 0. The van der Waals surface area contributed by atoms with Crippen molar-refractivity contribution in [2.45, 2.75) is 30.7 Å². The molecule has 0 aromatic carbocycles. The van der Waals surface area contributed by atoms with Gasteiger partial charge >= 0.3 is 5.97 Å². The second-order valence-corrected chi connectivity index (χ2v) is 2.83. The van der Waals surface area contributed by atoms with Gasteiger partial charge in [-0.1, -0.05) is 0 Å². The first kappa shape index (κ1) is 7.93. The van der Waals surface area contributed by atoms with Crippen molar-refractivity contribution in [2.75, 3.05) is 0 Å². The third-order valence-corrected chi connectivity index (χ3v) is 2.05. The predicted octanol–water partition coefficient (Wildman–Crippen LogP) is -2.65. The number of ether oxygens (including phenoxy) is 2. The lowest BCUT2D eigenvalue weighted by Crippen LogP contribution is -2.53. The summed E-state index contributed by atoms with van der Waals surface area (Å²) in [6.45, 7) is 0. The first-order valence-electron chi connectivity index (χ1n) is 3.51. The zero-order valence-corrected chi connectivity index (χ0v) is 5.95. The highest BCUT2D eigenvalue weighted by Crippen LogP contribution is 2.29. The van der Waals surface area contributed by atoms with Gasteiger partial charge in [0, 0.05) is 0 Å². The molecular weight excluding hydrogens is 168 g/mol. The number of fused-ring (bicyclic) bond motifs is 2. The van der Waals surface area contributed by atoms with Crippen molar-refractivity contribution in [2.24, 2.45) is 0 Å². The monoisotopic (exact) mass is 176 g/mol. The van der Waals surface area contributed by atoms with Crippen molar-refractivity contribution in [3.63, 3.8) is 0 Å². The van der Waals surface area contributed by atoms with Crippen LogP contribution in [0, 0.1) is 0 Å². The van der Waals surface area contributed by atoms with Crippen LogP contribution in [0.1, 0.15) is 0 Å². The van der Waals surface area contributed by atoms with Crippen molar-refractivity contribution in [1.82, 2.24) is 0 Å². The number of hydrogen-bond acceptors (Lipinski definition) is 6. The zero-order chi connectivity index (χ0) is 8.88. The Morgan fingerprint density at radius 1 is 1.17 bits per heavy atom. The normalized spacial score (nSPS) is 52.2. The van der Waals surface area contributed by atoms with Crippen molar-refractivity contribution in [3.05, 3.63) is 0 Å². The number of hydrogen-bond donors (Lipinski definition) is 3. The third-order valence-electron chi connectivity index (χ3n) is 2.05. The van der Waals surface area contributed by atoms with Gasteiger partial charge in [0.25, 0.3) is 0 Å². The number of carbonyl (C=O) groups excluding carboxylic acids is 1. The molecule has 68 valence electrons. The first-order valence-corrected chi connectivity index (χ1v) is 3.51. The van der Waals surface area contributed by atoms with Gasteiger partial charge in [-0.05, 0) is 0 Å². The molecule has 3 N–H and O–H groups in total. The molecule has 0 aromatic heterocycles. The fraction of sp³-hybridized carbons (Fsp3) is 0.833. The van der Waals surface area contributed by atoms with Gasteiger partial charge < -0.3 is 24.8 Å². The van der Waals surface area contributed by atoms with Crippen LogP contribution >= 0.6 is 0 Å². The van der Waals surface area contributed by atoms with E-state index in [0.29, 0.717) is 0 Å². The minimum atomic E-state index is -1.46. The Balaban J connectivity index is 2.25. The van der Waals surface area contributed by atoms with Gasteiger partial charge in [-0.3, -0.25) is 0 Å². The molecule has 2 rings (SSSR count). The lowest BCUT2D eigenvalue weighted by Gasteiger charge is -2.30. The molecule has 2 saturated heterocycles. The Morgan fingerprint density at radius 2 is 1.83 bits per heavy atom. The summed E-state index contributed by atoms with van der Waals surface area (Å²) in [5, 5.41) is 27.3. The smallest absolute Gasteiger partial charge is 0.338 e. The van der Waals surface area contributed by atoms with E-state index < -0.39 is 36.7 Å². The summed E-state index contributed by atoms with van der Waals surface area (Å²) in [5.41, 5.74) is 0. The SMILES string of the molecule is O=C1O[C@H]2[C@@H](O)[C@@H](O)O[C@H]1[C@H]2O. The maximum Gasteiger partial charge on any atom is 0.338 e. The summed E-state index contributed by atoms with van der Waals surface area (Å²) in [6.07, 6.45) is -6.24. The minimum absolute atomic E-state index is 0.747. The van der Waals surface area contributed by atoms with Crippen LogP contribution < -0.4 is 0 Å². The molecule has 0 aliphatic carbocycles. The molecular formula is C6H8O6. The lowest BCUT2D eigenvalue weighted by molar-refractivity contribution is -0.242. The van der Waals surface area contributed by atoms with Crippen LogP contribution in [0.15, 0.2) is 0 Å². The second-order valence-electron chi connectivity index (χ2n) is 2.83. The quantitative estimate of drug-likeness (QED) is 0.349. The summed E-state index contributed by atoms with van der Waals surface area (Å²) in [6, 6.07) is 0. The molecule has 2 heterocycles. The summed E-state index contributed by atoms with van der Waals surface area (Å²) in [4.78, 5) is 10.8. The van der Waals surface area contributed by atoms with Gasteiger partial charge in [-0.25, -0.2) is 4.79 Å². The van der Waals surface area contributed by atoms with Crippen molar-refractivity contribution < 1.29 is 29.6 Å². The van der Waals surface area contributed by atoms with E-state index >= 15 is 0 Å². The van der Waals surface area contributed by atoms with Gasteiger partial charge in [0.2, 0.25) is 0 Å². The third kappa shape index (κ3) is 0.862. The van der Waals surface area contributed by atoms with Crippen LogP contribution in [0.4, 0.5) is 0 Å². The van der Waals surface area contributed by atoms with Crippen LogP contribution in [-0.2, 0) is 14.3 Å². The molecule has 0 radical (unpaired) electrons. The molecule has 0 aromatic rings. The van der Waals surface area contributed by atoms with E-state index in [1.807, 2.05) is 0 Å². The lowest BCUT2D eigenvalue weighted by atomic mass is 10.0. The standard InChI is InChI=1S/C6H8O6/c7-1-3-2(8)5(9)12-4(1)6(10)11-3/h1-5,7-9H/t1-,2+,3+,4-,5-/m0/s1. The Labute approximate surface area is 67.3 Å². The predicted molar refractivity (Wildman–Crippen MR) is 32.8 cm³/mol. The van der Waals surface area contributed by atoms with E-state index in [0.717, 1.165) is 0 Å². The van der Waals surface area contributed by atoms with E-state index in [4.69, 9.17) is 10.2 Å². The maximum atomic E-state index is 10.8. The van der Waals surface area contributed by atoms with Crippen LogP contribution in [0.25, 0.3) is 0 Å². The fourth-order valence-electron chi connectivity index (χ4n) is 1.38. The summed E-state index contributed by atoms with van der Waals surface area (Å²) in [5.74, 6) is -0.747. The highest BCUT2D eigenvalue weighted by atomic mass is 16.7. The largest absolute Gasteiger partial charge is 0.454 e. The molecule has 0 saturated carbocycles. The maximum absolute atomic E-state index is 10.8. The van der Waals surface area contributed by atoms with Gasteiger partial charge in [0.15, 0.2) is 18.5 Å². The molecule has 2 aliphatic heterocycles. The summed E-state index contributed by atoms with van der Waals surface area (Å²) < 4.78 is 9.15. The van der Waals surface area contributed by atoms with Gasteiger partial charge in [0.1, 0.15) is 12.2 Å². The Bertz CT molecular complexity index is 216. The molecule has 6 nitrogen and oxygen atoms in total. The Morgan fingerprint density at radius 3 is 2.50 bits per heavy atom. The number of aliphatic hydroxyl groups is 3. The molecule has 6 heteroatoms. The average molecular weight is 176 g/mol. The van der Waals surface area contributed by atoms with Crippen molar-refractivity contribution in [3.8, 4) is 0 Å². The van der Waals surface area contributed by atoms with E-state index in [-0.39, 0.29) is 0 Å². The number of rotatable bonds is 0. The fourth-order valence-corrected chi connectivity index (χ4v) is 1.38. The molecule has 2 bridgehead atoms. The number of aliphatic hydroxyl groups excluding tert-OH is 3. The van der Waals surface area contributed by atoms with Crippen LogP contribution in [0.5, 0.6) is 0 Å². The van der Waals surface area contributed by atoms with E-state index in [1.54, 1.807) is 0 Å². The van der Waals surface area contributed by atoms with E-state index in [2.05, 4.69) is 9.47 Å². The van der Waals surface area contributed by atoms with Crippen LogP contribution in [0.3, 0.4) is 0 Å². The Hall–Kier alpha value is -0.690. The summed E-state index contributed by atoms with van der Waals surface area (Å²) >= 11 is 0. The van der Waals surface area contributed by atoms with Crippen molar-refractivity contribution >= 4 is 5.97 Å². The zero-order valence-electron chi connectivity index (χ0n) is 5.95. The van der Waals surface area contributed by atoms with Crippen molar-refractivity contribution in [1.29, 1.82) is 0 Å². The minimum Gasteiger partial charge on any atom is -0.454 e. The van der Waals surface area contributed by atoms with Gasteiger partial charge in [-0.2, -0.15) is 0 Å². The van der Waals surface area contributed by atoms with Crippen LogP contribution in [-0.4, -0.2) is 52.0 Å². The highest BCUT2D eigenvalue weighted by Gasteiger charge is 2.55. The number of esters is 1. The Kier molecular flexibility index (Phi) is 1.58. The molecule has 0 unspecified atom stereocenters. The highest BCUT2D eigenvalue weighted by molar-refractivity contribution is 5.78. The molecule has 2 aliphatic rings. The molecule has 0 spiro atoms. The number of carbonyl (C=O) groups is 1.